The molecule has 5 rings (SSSR count). The molecule has 0 bridgehead atoms. The van der Waals surface area contributed by atoms with E-state index in [1.165, 1.54) is 63.7 Å². The van der Waals surface area contributed by atoms with E-state index in [9.17, 15) is 47.7 Å². The van der Waals surface area contributed by atoms with Gasteiger partial charge in [0.1, 0.15) is 11.6 Å². The fourth-order valence-electron chi connectivity index (χ4n) is 9.47. The van der Waals surface area contributed by atoms with E-state index in [-0.39, 0.29) is 24.2 Å². The molecule has 0 aromatic rings. The third kappa shape index (κ3) is 18.7. The van der Waals surface area contributed by atoms with Gasteiger partial charge in [0.15, 0.2) is 0 Å². The number of rotatable bonds is 20. The number of carbonyl (C=O) groups excluding carboxylic acids is 1. The summed E-state index contributed by atoms with van der Waals surface area (Å²) in [5.41, 5.74) is 7.88. The van der Waals surface area contributed by atoms with Crippen LogP contribution in [0.25, 0.3) is 0 Å². The highest BCUT2D eigenvalue weighted by molar-refractivity contribution is 7.86. The van der Waals surface area contributed by atoms with Crippen LogP contribution in [-0.4, -0.2) is 105 Å². The van der Waals surface area contributed by atoms with E-state index in [2.05, 4.69) is 38.9 Å². The highest BCUT2D eigenvalue weighted by Crippen LogP contribution is 2.34. The second-order valence-electron chi connectivity index (χ2n) is 17.1. The highest BCUT2D eigenvalue weighted by Gasteiger charge is 2.46. The van der Waals surface area contributed by atoms with Crippen molar-refractivity contribution >= 4 is 42.5 Å². The zero-order chi connectivity index (χ0) is 44.8. The van der Waals surface area contributed by atoms with Gasteiger partial charge in [0.25, 0.3) is 10.1 Å². The lowest BCUT2D eigenvalue weighted by Crippen LogP contribution is -2.61. The van der Waals surface area contributed by atoms with Gasteiger partial charge in [0, 0.05) is 19.3 Å². The minimum absolute atomic E-state index is 0.0201. The number of nitrogens with zero attached hydrogens (tertiary/aromatic N) is 2. The van der Waals surface area contributed by atoms with Crippen molar-refractivity contribution in [2.75, 3.05) is 6.26 Å². The van der Waals surface area contributed by atoms with Crippen molar-refractivity contribution in [2.24, 2.45) is 5.73 Å². The largest absolute Gasteiger partial charge is 0.673 e. The average molecular weight is 895 g/mol. The number of ether oxygens (including phenoxy) is 1. The average Bonchev–Trinajstić information content (AvgIpc) is 3.70. The monoisotopic (exact) mass is 895 g/mol. The Bertz CT molecular complexity index is 1580. The number of hydrogen-bond donors (Lipinski definition) is 4. The Morgan fingerprint density at radius 3 is 2.02 bits per heavy atom. The molecule has 0 saturated carbocycles. The molecular formula is C38H68B2F8N6O5S. The molecule has 5 N–H and O–H groups in total. The Morgan fingerprint density at radius 1 is 0.833 bits per heavy atom. The first-order valence-electron chi connectivity index (χ1n) is 21.8. The lowest BCUT2D eigenvalue weighted by molar-refractivity contribution is -0.593. The van der Waals surface area contributed by atoms with Crippen LogP contribution in [0.15, 0.2) is 11.3 Å². The molecule has 0 aromatic heterocycles. The number of esters is 1. The molecule has 8 atom stereocenters. The van der Waals surface area contributed by atoms with Gasteiger partial charge >= 0.3 is 32.4 Å². The second-order valence-corrected chi connectivity index (χ2v) is 18.7. The van der Waals surface area contributed by atoms with Gasteiger partial charge in [0.2, 0.25) is 0 Å². The molecule has 0 amide bonds. The van der Waals surface area contributed by atoms with Crippen molar-refractivity contribution in [3.05, 3.63) is 11.3 Å². The molecule has 2 fully saturated rings. The van der Waals surface area contributed by atoms with Crippen LogP contribution in [0, 0.1) is 0 Å². The van der Waals surface area contributed by atoms with Gasteiger partial charge in [-0.3, -0.25) is 29.7 Å². The lowest BCUT2D eigenvalue weighted by Gasteiger charge is -2.35. The second kappa shape index (κ2) is 23.6. The predicted octanol–water partition coefficient (Wildman–Crippen LogP) is 7.72. The molecule has 11 nitrogen and oxygen atoms in total. The fourth-order valence-corrected chi connectivity index (χ4v) is 10.1. The summed E-state index contributed by atoms with van der Waals surface area (Å²) in [6.45, 7) is 8.37. The van der Waals surface area contributed by atoms with E-state index >= 15 is 0 Å². The first kappa shape index (κ1) is 51.6. The first-order chi connectivity index (χ1) is 27.9. The molecule has 0 aliphatic carbocycles. The summed E-state index contributed by atoms with van der Waals surface area (Å²) in [5, 5.41) is 10.8. The van der Waals surface area contributed by atoms with Crippen molar-refractivity contribution in [3.63, 3.8) is 0 Å². The maximum atomic E-state index is 13.6. The van der Waals surface area contributed by atoms with E-state index in [0.29, 0.717) is 42.5 Å². The Kier molecular flexibility index (Phi) is 20.3. The molecule has 0 spiro atoms. The van der Waals surface area contributed by atoms with Crippen LogP contribution in [-0.2, 0) is 23.8 Å². The maximum Gasteiger partial charge on any atom is 0.673 e. The Labute approximate surface area is 351 Å². The van der Waals surface area contributed by atoms with Gasteiger partial charge in [-0.15, -0.1) is 0 Å². The molecule has 22 heteroatoms. The summed E-state index contributed by atoms with van der Waals surface area (Å²) >= 11 is 0. The van der Waals surface area contributed by atoms with Crippen molar-refractivity contribution in [3.8, 4) is 0 Å². The molecule has 2 saturated heterocycles. The van der Waals surface area contributed by atoms with E-state index in [4.69, 9.17) is 14.7 Å². The van der Waals surface area contributed by atoms with Crippen molar-refractivity contribution in [1.29, 1.82) is 0 Å². The van der Waals surface area contributed by atoms with Gasteiger partial charge in [-0.05, 0) is 72.1 Å². The van der Waals surface area contributed by atoms with E-state index < -0.39 is 30.7 Å². The maximum absolute atomic E-state index is 13.6. The third-order valence-electron chi connectivity index (χ3n) is 11.8. The molecule has 5 aliphatic heterocycles. The highest BCUT2D eigenvalue weighted by atomic mass is 32.2. The Balaban J connectivity index is 0.000000860. The molecule has 0 unspecified atom stereocenters. The number of allylic oxidation sites excluding steroid dienone is 1. The Hall–Kier alpha value is -2.77. The predicted molar refractivity (Wildman–Crippen MR) is 219 cm³/mol. The van der Waals surface area contributed by atoms with E-state index in [1.807, 2.05) is 13.8 Å². The summed E-state index contributed by atoms with van der Waals surface area (Å²) in [5.74, 6) is 1.52. The molecule has 348 valence electrons. The molecule has 60 heavy (non-hydrogen) atoms. The number of nitrogens with two attached hydrogens (primary N) is 1. The topological polar surface area (TPSA) is 138 Å². The van der Waals surface area contributed by atoms with Gasteiger partial charge in [0.05, 0.1) is 54.4 Å². The summed E-state index contributed by atoms with van der Waals surface area (Å²) in [7, 11) is -15.6. The van der Waals surface area contributed by atoms with Gasteiger partial charge < -0.3 is 39.3 Å². The SMILES string of the molecule is CCCCCCC[C@@H](C[C@@H]1CC[C@H]2C(C(=O)O[C@H](C)CCCCCCC[C@@H]3C[C@@H]4CC[C@@H]5C[C@H](C)NC(=[N+]54)N3)=C(C)NC(N)=[N+]12)OS(C)(=O)=O.F[B-](F)(F)F.F[B-](F)(F)F. The summed E-state index contributed by atoms with van der Waals surface area (Å²) < 4.78 is 118. The molecule has 5 aliphatic rings. The number of halogens is 8. The van der Waals surface area contributed by atoms with Crippen LogP contribution in [0.5, 0.6) is 0 Å². The number of guanidine groups is 2. The zero-order valence-electron chi connectivity index (χ0n) is 35.9. The molecule has 0 aromatic carbocycles. The standard InChI is InChI=1S/C38H66N6O5S.2BF4/c1-6-7-8-10-15-18-33(49-50(5,46)47)25-32-21-22-34-35(28(4)41-37(39)44(32)34)36(45)48-27(3)16-13-11-9-12-14-17-29-24-31-20-19-30-23-26(2)40-38(42-29)43(30)31;2*2-1(3,4)5/h26-27,29-34H,6-25H2,1-5H3,(H3,39,40,41,42,45);;/q;2*-1/p+2/t26-,27+,29+,30+,31-,32-,33-,34-;;/m0../s1. The minimum atomic E-state index is -6.00. The minimum Gasteiger partial charge on any atom is -0.459 e. The van der Waals surface area contributed by atoms with E-state index in [1.54, 1.807) is 0 Å². The first-order valence-corrected chi connectivity index (χ1v) is 23.7. The molecule has 0 radical (unpaired) electrons. The zero-order valence-corrected chi connectivity index (χ0v) is 36.7. The van der Waals surface area contributed by atoms with Gasteiger partial charge in [-0.25, -0.2) is 10.1 Å². The van der Waals surface area contributed by atoms with Crippen LogP contribution >= 0.6 is 0 Å². The summed E-state index contributed by atoms with van der Waals surface area (Å²) in [4.78, 5) is 13.6. The number of hydrogen-bond acceptors (Lipinski definition) is 9. The third-order valence-corrected chi connectivity index (χ3v) is 12.4. The normalized spacial score (nSPS) is 26.0. The number of nitrogens with one attached hydrogen (secondary N) is 3. The fraction of sp³-hybridized carbons (Fsp3) is 0.868. The summed E-state index contributed by atoms with van der Waals surface area (Å²) in [6.07, 6.45) is 22.0. The quantitative estimate of drug-likeness (QED) is 0.0242. The van der Waals surface area contributed by atoms with Crippen LogP contribution in [0.1, 0.15) is 156 Å². The van der Waals surface area contributed by atoms with Gasteiger partial charge in [-0.2, -0.15) is 8.42 Å². The van der Waals surface area contributed by atoms with Crippen molar-refractivity contribution < 1.29 is 65.8 Å². The van der Waals surface area contributed by atoms with Crippen molar-refractivity contribution in [2.45, 2.75) is 205 Å². The van der Waals surface area contributed by atoms with Crippen molar-refractivity contribution in [1.82, 2.24) is 16.0 Å². The number of unbranched alkanes of at least 4 members (excludes halogenated alkanes) is 8. The van der Waals surface area contributed by atoms with Crippen LogP contribution in [0.2, 0.25) is 0 Å². The number of carbonyl (C=O) groups is 1. The smallest absolute Gasteiger partial charge is 0.459 e. The van der Waals surface area contributed by atoms with E-state index in [0.717, 1.165) is 75.8 Å². The lowest BCUT2D eigenvalue weighted by atomic mass is 9.97. The van der Waals surface area contributed by atoms with Crippen LogP contribution < -0.4 is 21.7 Å². The van der Waals surface area contributed by atoms with Crippen LogP contribution in [0.3, 0.4) is 0 Å². The Morgan fingerprint density at radius 2 is 1.40 bits per heavy atom. The molecule has 5 heterocycles. The van der Waals surface area contributed by atoms with Crippen LogP contribution in [0.4, 0.5) is 34.5 Å². The summed E-state index contributed by atoms with van der Waals surface area (Å²) in [6, 6.07) is 2.38. The number of fused-ring (bicyclic) bond motifs is 1. The van der Waals surface area contributed by atoms with Gasteiger partial charge in [-0.1, -0.05) is 64.7 Å². The molecular weight excluding hydrogens is 826 g/mol.